The van der Waals surface area contributed by atoms with Gasteiger partial charge in [0, 0.05) is 12.3 Å². The second-order valence-corrected chi connectivity index (χ2v) is 5.70. The lowest BCUT2D eigenvalue weighted by molar-refractivity contribution is -0.120. The number of carbonyl (C=O) groups is 1. The molecule has 0 saturated heterocycles. The molecule has 3 unspecified atom stereocenters. The Morgan fingerprint density at radius 2 is 2.17 bits per heavy atom. The fraction of sp³-hybridized carbons (Fsp3) is 0.471. The van der Waals surface area contributed by atoms with Crippen molar-refractivity contribution in [1.29, 1.82) is 0 Å². The predicted molar refractivity (Wildman–Crippen MR) is 73.5 cm³/mol. The number of aryl methyl sites for hydroxylation is 1. The number of benzene rings is 1. The van der Waals surface area contributed by atoms with Crippen molar-refractivity contribution in [2.45, 2.75) is 38.5 Å². The highest BCUT2D eigenvalue weighted by Crippen LogP contribution is 2.60. The molecule has 0 N–H and O–H groups in total. The summed E-state index contributed by atoms with van der Waals surface area (Å²) in [5.41, 5.74) is 3.98. The number of hydrogen-bond donors (Lipinski definition) is 0. The molecule has 0 aliphatic heterocycles. The van der Waals surface area contributed by atoms with E-state index in [9.17, 15) is 4.79 Å². The summed E-state index contributed by atoms with van der Waals surface area (Å²) in [4.78, 5) is 12.3. The van der Waals surface area contributed by atoms with E-state index in [0.29, 0.717) is 24.0 Å². The number of hydrogen-bond acceptors (Lipinski definition) is 1. The first kappa shape index (κ1) is 11.7. The van der Waals surface area contributed by atoms with Crippen LogP contribution in [0.2, 0.25) is 0 Å². The highest BCUT2D eigenvalue weighted by atomic mass is 16.1. The zero-order valence-corrected chi connectivity index (χ0v) is 11.0. The molecule has 1 fully saturated rings. The van der Waals surface area contributed by atoms with E-state index in [4.69, 9.17) is 0 Å². The Morgan fingerprint density at radius 1 is 1.39 bits per heavy atom. The molecule has 0 amide bonds. The Labute approximate surface area is 109 Å². The minimum atomic E-state index is 0.289. The van der Waals surface area contributed by atoms with E-state index in [1.54, 1.807) is 0 Å². The normalized spacial score (nSPS) is 28.2. The number of allylic oxidation sites excluding steroid dienone is 1. The van der Waals surface area contributed by atoms with E-state index >= 15 is 0 Å². The fourth-order valence-electron chi connectivity index (χ4n) is 3.49. The van der Waals surface area contributed by atoms with Crippen LogP contribution in [0.25, 0.3) is 0 Å². The van der Waals surface area contributed by atoms with Crippen LogP contribution in [0.5, 0.6) is 0 Å². The lowest BCUT2D eigenvalue weighted by atomic mass is 9.92. The fourth-order valence-corrected chi connectivity index (χ4v) is 3.49. The van der Waals surface area contributed by atoms with Gasteiger partial charge in [-0.1, -0.05) is 43.3 Å². The molecule has 1 saturated carbocycles. The van der Waals surface area contributed by atoms with Gasteiger partial charge in [-0.2, -0.15) is 0 Å². The second-order valence-electron chi connectivity index (χ2n) is 5.70. The quantitative estimate of drug-likeness (QED) is 0.730. The lowest BCUT2D eigenvalue weighted by Crippen LogP contribution is -2.04. The molecule has 94 valence electrons. The summed E-state index contributed by atoms with van der Waals surface area (Å²) in [5, 5.41) is 0. The number of Topliss-reactive ketones (excluding diaryl/α,β-unsaturated/α-hetero) is 1. The number of rotatable bonds is 4. The molecule has 1 heteroatoms. The molecule has 0 radical (unpaired) electrons. The Bertz CT molecular complexity index is 500. The van der Waals surface area contributed by atoms with Gasteiger partial charge in [-0.25, -0.2) is 0 Å². The molecular weight excluding hydrogens is 220 g/mol. The van der Waals surface area contributed by atoms with Gasteiger partial charge in [-0.3, -0.25) is 4.79 Å². The first-order chi connectivity index (χ1) is 8.72. The van der Waals surface area contributed by atoms with E-state index in [2.05, 4.69) is 37.8 Å². The summed E-state index contributed by atoms with van der Waals surface area (Å²) in [6.07, 6.45) is 3.85. The smallest absolute Gasteiger partial charge is 0.140 e. The Morgan fingerprint density at radius 3 is 2.94 bits per heavy atom. The predicted octanol–water partition coefficient (Wildman–Crippen LogP) is 3.89. The minimum Gasteiger partial charge on any atom is -0.299 e. The first-order valence-corrected chi connectivity index (χ1v) is 6.99. The first-order valence-electron chi connectivity index (χ1n) is 6.99. The van der Waals surface area contributed by atoms with Crippen LogP contribution in [-0.4, -0.2) is 5.78 Å². The summed E-state index contributed by atoms with van der Waals surface area (Å²) in [7, 11) is 0. The van der Waals surface area contributed by atoms with Crippen molar-refractivity contribution in [1.82, 2.24) is 0 Å². The number of ketones is 1. The summed E-state index contributed by atoms with van der Waals surface area (Å²) in [5.74, 6) is 1.86. The average molecular weight is 240 g/mol. The molecule has 18 heavy (non-hydrogen) atoms. The number of fused-ring (bicyclic) bond motifs is 3. The molecule has 1 aromatic carbocycles. The highest BCUT2D eigenvalue weighted by Gasteiger charge is 2.56. The molecule has 3 rings (SSSR count). The van der Waals surface area contributed by atoms with E-state index in [-0.39, 0.29) is 5.92 Å². The topological polar surface area (TPSA) is 17.1 Å². The van der Waals surface area contributed by atoms with Crippen LogP contribution in [0.15, 0.2) is 36.4 Å². The van der Waals surface area contributed by atoms with E-state index < -0.39 is 0 Å². The van der Waals surface area contributed by atoms with Crippen molar-refractivity contribution in [3.8, 4) is 0 Å². The van der Waals surface area contributed by atoms with E-state index in [1.165, 1.54) is 17.5 Å². The molecule has 2 aliphatic rings. The molecule has 2 aliphatic carbocycles. The summed E-state index contributed by atoms with van der Waals surface area (Å²) >= 11 is 0. The molecule has 0 spiro atoms. The molecule has 1 aromatic rings. The third-order valence-electron chi connectivity index (χ3n) is 4.63. The van der Waals surface area contributed by atoms with Gasteiger partial charge in [-0.05, 0) is 42.2 Å². The maximum absolute atomic E-state index is 12.3. The van der Waals surface area contributed by atoms with Gasteiger partial charge in [0.25, 0.3) is 0 Å². The van der Waals surface area contributed by atoms with Crippen molar-refractivity contribution >= 4 is 5.78 Å². The maximum Gasteiger partial charge on any atom is 0.140 e. The monoisotopic (exact) mass is 240 g/mol. The largest absolute Gasteiger partial charge is 0.299 e. The van der Waals surface area contributed by atoms with Crippen molar-refractivity contribution < 1.29 is 4.79 Å². The summed E-state index contributed by atoms with van der Waals surface area (Å²) < 4.78 is 0. The van der Waals surface area contributed by atoms with Crippen molar-refractivity contribution in [2.24, 2.45) is 11.8 Å². The highest BCUT2D eigenvalue weighted by molar-refractivity contribution is 5.87. The standard InChI is InChI=1S/C17H20O/c1-3-11(2)10-15(18)17-14-9-8-12-6-4-5-7-13(12)16(14)17/h4-7,14,16-17H,2-3,8-10H2,1H3. The maximum atomic E-state index is 12.3. The van der Waals surface area contributed by atoms with Crippen LogP contribution < -0.4 is 0 Å². The van der Waals surface area contributed by atoms with Gasteiger partial charge >= 0.3 is 0 Å². The van der Waals surface area contributed by atoms with Crippen molar-refractivity contribution in [3.63, 3.8) is 0 Å². The molecule has 3 atom stereocenters. The average Bonchev–Trinajstić information content (AvgIpc) is 3.13. The third-order valence-corrected chi connectivity index (χ3v) is 4.63. The van der Waals surface area contributed by atoms with Crippen LogP contribution in [0.4, 0.5) is 0 Å². The van der Waals surface area contributed by atoms with Crippen molar-refractivity contribution in [2.75, 3.05) is 0 Å². The van der Waals surface area contributed by atoms with Crippen LogP contribution in [0.3, 0.4) is 0 Å². The van der Waals surface area contributed by atoms with Crippen LogP contribution in [0.1, 0.15) is 43.2 Å². The lowest BCUT2D eigenvalue weighted by Gasteiger charge is -2.13. The van der Waals surface area contributed by atoms with E-state index in [1.807, 2.05) is 0 Å². The van der Waals surface area contributed by atoms with Gasteiger partial charge in [0.1, 0.15) is 5.78 Å². The van der Waals surface area contributed by atoms with Crippen molar-refractivity contribution in [3.05, 3.63) is 47.5 Å². The number of carbonyl (C=O) groups excluding carboxylic acids is 1. The van der Waals surface area contributed by atoms with E-state index in [0.717, 1.165) is 18.4 Å². The Hall–Kier alpha value is -1.37. The zero-order valence-electron chi connectivity index (χ0n) is 11.0. The molecular formula is C17H20O. The molecule has 0 heterocycles. The molecule has 0 bridgehead atoms. The van der Waals surface area contributed by atoms with Crippen LogP contribution >= 0.6 is 0 Å². The van der Waals surface area contributed by atoms with Gasteiger partial charge in [0.2, 0.25) is 0 Å². The minimum absolute atomic E-state index is 0.289. The third kappa shape index (κ3) is 1.82. The molecule has 1 nitrogen and oxygen atoms in total. The SMILES string of the molecule is C=C(CC)CC(=O)C1C2CCc3ccccc3C21. The van der Waals surface area contributed by atoms with Crippen LogP contribution in [-0.2, 0) is 11.2 Å². The van der Waals surface area contributed by atoms with Gasteiger partial charge in [0.05, 0.1) is 0 Å². The van der Waals surface area contributed by atoms with Gasteiger partial charge < -0.3 is 0 Å². The summed E-state index contributed by atoms with van der Waals surface area (Å²) in [6, 6.07) is 8.65. The Balaban J connectivity index is 1.77. The van der Waals surface area contributed by atoms with Crippen LogP contribution in [0, 0.1) is 11.8 Å². The zero-order chi connectivity index (χ0) is 12.7. The summed E-state index contributed by atoms with van der Waals surface area (Å²) in [6.45, 7) is 6.04. The second kappa shape index (κ2) is 4.38. The molecule has 0 aromatic heterocycles. The van der Waals surface area contributed by atoms with Gasteiger partial charge in [0.15, 0.2) is 0 Å². The Kier molecular flexibility index (Phi) is 2.85. The van der Waals surface area contributed by atoms with Gasteiger partial charge in [-0.15, -0.1) is 0 Å².